The number of rotatable bonds is 4. The van der Waals surface area contributed by atoms with Gasteiger partial charge >= 0.3 is 6.09 Å². The lowest BCUT2D eigenvalue weighted by Crippen LogP contribution is -2.52. The van der Waals surface area contributed by atoms with Crippen LogP contribution in [-0.4, -0.2) is 43.1 Å². The summed E-state index contributed by atoms with van der Waals surface area (Å²) in [5, 5.41) is 2.79. The number of methoxy groups -OCH3 is 1. The highest BCUT2D eigenvalue weighted by Crippen LogP contribution is 2.59. The number of alkyl carbamates (subject to hydrolysis) is 1. The summed E-state index contributed by atoms with van der Waals surface area (Å²) in [7, 11) is 1.37. The topological polar surface area (TPSA) is 58.6 Å². The first kappa shape index (κ1) is 18.0. The normalized spacial score (nSPS) is 34.6. The number of ether oxygens (including phenoxy) is 1. The molecule has 0 radical (unpaired) electrons. The predicted molar refractivity (Wildman–Crippen MR) is 108 cm³/mol. The first-order chi connectivity index (χ1) is 13.4. The van der Waals surface area contributed by atoms with Gasteiger partial charge in [-0.2, -0.15) is 0 Å². The SMILES string of the molecule is COC(=O)NC1CC(C(=O)N2CCC3(c4ccc(C5(C)CC5)cc4)CC3C2)C1.[HH]. The summed E-state index contributed by atoms with van der Waals surface area (Å²) in [4.78, 5) is 26.2. The van der Waals surface area contributed by atoms with Crippen molar-refractivity contribution in [3.05, 3.63) is 35.4 Å². The minimum absolute atomic E-state index is 0. The Bertz CT molecular complexity index is 801. The van der Waals surface area contributed by atoms with Gasteiger partial charge in [0, 0.05) is 31.9 Å². The van der Waals surface area contributed by atoms with Gasteiger partial charge in [0.15, 0.2) is 0 Å². The summed E-state index contributed by atoms with van der Waals surface area (Å²) < 4.78 is 4.63. The van der Waals surface area contributed by atoms with Gasteiger partial charge in [-0.05, 0) is 61.0 Å². The highest BCUT2D eigenvalue weighted by Gasteiger charge is 2.58. The lowest BCUT2D eigenvalue weighted by molar-refractivity contribution is -0.140. The maximum Gasteiger partial charge on any atom is 0.407 e. The monoisotopic (exact) mass is 384 g/mol. The van der Waals surface area contributed by atoms with Crippen LogP contribution in [0, 0.1) is 11.8 Å². The van der Waals surface area contributed by atoms with E-state index in [4.69, 9.17) is 0 Å². The molecule has 3 saturated carbocycles. The standard InChI is InChI=1S/C23H30N2O3.H2/c1-22(7-8-22)16-3-5-17(6-4-16)23-9-10-25(14-18(23)13-23)20(26)15-11-19(12-15)24-21(27)28-2;/h3-6,15,18-19H,7-14H2,1-2H3,(H,24,27);1H. The largest absolute Gasteiger partial charge is 0.453 e. The van der Waals surface area contributed by atoms with Crippen LogP contribution in [0.15, 0.2) is 24.3 Å². The molecule has 1 aliphatic heterocycles. The van der Waals surface area contributed by atoms with Crippen molar-refractivity contribution in [2.75, 3.05) is 20.2 Å². The van der Waals surface area contributed by atoms with Gasteiger partial charge in [-0.25, -0.2) is 4.79 Å². The van der Waals surface area contributed by atoms with E-state index in [1.807, 2.05) is 0 Å². The van der Waals surface area contributed by atoms with Crippen LogP contribution >= 0.6 is 0 Å². The van der Waals surface area contributed by atoms with Crippen molar-refractivity contribution in [2.45, 2.75) is 62.3 Å². The molecule has 152 valence electrons. The van der Waals surface area contributed by atoms with Crippen molar-refractivity contribution in [3.8, 4) is 0 Å². The molecule has 5 heteroatoms. The van der Waals surface area contributed by atoms with Crippen LogP contribution in [0.2, 0.25) is 0 Å². The van der Waals surface area contributed by atoms with Gasteiger partial charge in [-0.15, -0.1) is 0 Å². The molecule has 5 nitrogen and oxygen atoms in total. The van der Waals surface area contributed by atoms with E-state index in [0.29, 0.717) is 16.7 Å². The van der Waals surface area contributed by atoms with Crippen LogP contribution in [0.3, 0.4) is 0 Å². The van der Waals surface area contributed by atoms with Gasteiger partial charge in [0.2, 0.25) is 5.91 Å². The molecule has 1 heterocycles. The molecular formula is C23H32N2O3. The van der Waals surface area contributed by atoms with Crippen molar-refractivity contribution >= 4 is 12.0 Å². The maximum atomic E-state index is 12.8. The third-order valence-corrected chi connectivity index (χ3v) is 7.96. The molecule has 1 N–H and O–H groups in total. The number of piperidine rings is 1. The average Bonchev–Trinajstić information content (AvgIpc) is 3.59. The lowest BCUT2D eigenvalue weighted by atomic mass is 9.78. The predicted octanol–water partition coefficient (Wildman–Crippen LogP) is 3.61. The van der Waals surface area contributed by atoms with Crippen molar-refractivity contribution < 1.29 is 15.8 Å². The number of fused-ring (bicyclic) bond motifs is 1. The van der Waals surface area contributed by atoms with E-state index >= 15 is 0 Å². The maximum absolute atomic E-state index is 12.8. The van der Waals surface area contributed by atoms with E-state index in [1.54, 1.807) is 0 Å². The first-order valence-electron chi connectivity index (χ1n) is 10.7. The number of hydrogen-bond acceptors (Lipinski definition) is 3. The minimum Gasteiger partial charge on any atom is -0.453 e. The van der Waals surface area contributed by atoms with Crippen LogP contribution < -0.4 is 5.32 Å². The van der Waals surface area contributed by atoms with Crippen LogP contribution in [0.1, 0.15) is 58.0 Å². The average molecular weight is 385 g/mol. The number of nitrogens with one attached hydrogen (secondary N) is 1. The number of carbonyl (C=O) groups is 2. The molecule has 0 spiro atoms. The molecule has 2 amide bonds. The zero-order valence-electron chi connectivity index (χ0n) is 16.9. The summed E-state index contributed by atoms with van der Waals surface area (Å²) in [6.45, 7) is 4.11. The summed E-state index contributed by atoms with van der Waals surface area (Å²) in [5.41, 5.74) is 3.70. The van der Waals surface area contributed by atoms with Crippen molar-refractivity contribution in [2.24, 2.45) is 11.8 Å². The zero-order chi connectivity index (χ0) is 19.5. The Balaban J connectivity index is 0.00000205. The molecule has 2 unspecified atom stereocenters. The van der Waals surface area contributed by atoms with E-state index in [2.05, 4.69) is 46.1 Å². The molecule has 0 bridgehead atoms. The Labute approximate surface area is 168 Å². The van der Waals surface area contributed by atoms with E-state index in [0.717, 1.165) is 32.4 Å². The van der Waals surface area contributed by atoms with Crippen molar-refractivity contribution in [1.29, 1.82) is 0 Å². The van der Waals surface area contributed by atoms with Gasteiger partial charge in [0.05, 0.1) is 7.11 Å². The first-order valence-corrected chi connectivity index (χ1v) is 10.7. The van der Waals surface area contributed by atoms with E-state index in [1.165, 1.54) is 37.5 Å². The Morgan fingerprint density at radius 1 is 1.14 bits per heavy atom. The molecule has 1 aromatic carbocycles. The molecule has 1 aromatic rings. The number of benzene rings is 1. The second-order valence-electron chi connectivity index (χ2n) is 9.73. The lowest BCUT2D eigenvalue weighted by Gasteiger charge is -2.40. The quantitative estimate of drug-likeness (QED) is 0.863. The molecule has 0 aromatic heterocycles. The van der Waals surface area contributed by atoms with Gasteiger partial charge < -0.3 is 15.0 Å². The van der Waals surface area contributed by atoms with Crippen LogP contribution in [-0.2, 0) is 20.4 Å². The molecule has 3 aliphatic carbocycles. The van der Waals surface area contributed by atoms with Crippen molar-refractivity contribution in [1.82, 2.24) is 10.2 Å². The molecule has 28 heavy (non-hydrogen) atoms. The summed E-state index contributed by atoms with van der Waals surface area (Å²) in [6.07, 6.45) is 5.99. The van der Waals surface area contributed by atoms with Gasteiger partial charge in [-0.1, -0.05) is 31.2 Å². The highest BCUT2D eigenvalue weighted by atomic mass is 16.5. The number of nitrogens with zero attached hydrogens (tertiary/aromatic N) is 1. The van der Waals surface area contributed by atoms with Gasteiger partial charge in [0.25, 0.3) is 0 Å². The fraction of sp³-hybridized carbons (Fsp3) is 0.652. The molecule has 1 saturated heterocycles. The van der Waals surface area contributed by atoms with Gasteiger partial charge in [-0.3, -0.25) is 4.79 Å². The smallest absolute Gasteiger partial charge is 0.407 e. The summed E-state index contributed by atoms with van der Waals surface area (Å²) in [6, 6.07) is 9.47. The fourth-order valence-corrected chi connectivity index (χ4v) is 5.42. The second-order valence-corrected chi connectivity index (χ2v) is 9.73. The zero-order valence-corrected chi connectivity index (χ0v) is 16.9. The Morgan fingerprint density at radius 2 is 1.82 bits per heavy atom. The van der Waals surface area contributed by atoms with Crippen LogP contribution in [0.5, 0.6) is 0 Å². The molecule has 5 rings (SSSR count). The molecule has 4 fully saturated rings. The number of carbonyl (C=O) groups excluding carboxylic acids is 2. The minimum atomic E-state index is -0.404. The third kappa shape index (κ3) is 2.90. The summed E-state index contributed by atoms with van der Waals surface area (Å²) >= 11 is 0. The summed E-state index contributed by atoms with van der Waals surface area (Å²) in [5.74, 6) is 0.948. The van der Waals surface area contributed by atoms with E-state index in [9.17, 15) is 9.59 Å². The second kappa shape index (κ2) is 6.23. The number of amides is 2. The van der Waals surface area contributed by atoms with Crippen molar-refractivity contribution in [3.63, 3.8) is 0 Å². The molecular weight excluding hydrogens is 352 g/mol. The number of likely N-dealkylation sites (tertiary alicyclic amines) is 1. The van der Waals surface area contributed by atoms with Crippen LogP contribution in [0.4, 0.5) is 4.79 Å². The fourth-order valence-electron chi connectivity index (χ4n) is 5.42. The Hall–Kier alpha value is -2.04. The molecule has 2 atom stereocenters. The highest BCUT2D eigenvalue weighted by molar-refractivity contribution is 5.80. The Kier molecular flexibility index (Phi) is 4.01. The third-order valence-electron chi connectivity index (χ3n) is 7.96. The number of hydrogen-bond donors (Lipinski definition) is 1. The van der Waals surface area contributed by atoms with Gasteiger partial charge in [0.1, 0.15) is 0 Å². The Morgan fingerprint density at radius 3 is 2.43 bits per heavy atom. The van der Waals surface area contributed by atoms with Crippen LogP contribution in [0.25, 0.3) is 0 Å². The van der Waals surface area contributed by atoms with E-state index < -0.39 is 6.09 Å². The molecule has 4 aliphatic rings. The van der Waals surface area contributed by atoms with E-state index in [-0.39, 0.29) is 19.3 Å².